The highest BCUT2D eigenvalue weighted by atomic mass is 32.2. The molecule has 1 saturated heterocycles. The Morgan fingerprint density at radius 3 is 2.96 bits per heavy atom. The second-order valence-electron chi connectivity index (χ2n) is 6.12. The summed E-state index contributed by atoms with van der Waals surface area (Å²) in [7, 11) is 0. The van der Waals surface area contributed by atoms with E-state index in [1.807, 2.05) is 30.0 Å². The second-order valence-corrected chi connectivity index (χ2v) is 7.43. The number of thioether (sulfide) groups is 1. The molecular weight excluding hydrogens is 318 g/mol. The first kappa shape index (κ1) is 14.0. The zero-order valence-corrected chi connectivity index (χ0v) is 13.6. The molecule has 2 aromatic rings. The van der Waals surface area contributed by atoms with Crippen LogP contribution < -0.4 is 5.32 Å². The van der Waals surface area contributed by atoms with E-state index >= 15 is 0 Å². The maximum absolute atomic E-state index is 12.0. The molecule has 2 aromatic carbocycles. The number of nitrogens with one attached hydrogen (secondary N) is 1. The maximum atomic E-state index is 12.0. The van der Waals surface area contributed by atoms with E-state index < -0.39 is 5.91 Å². The molecule has 1 amide bonds. The minimum atomic E-state index is -0.415. The molecule has 0 aromatic heterocycles. The molecule has 1 atom stereocenters. The lowest BCUT2D eigenvalue weighted by molar-refractivity contribution is -0.113. The van der Waals surface area contributed by atoms with Crippen LogP contribution in [0.2, 0.25) is 0 Å². The zero-order valence-electron chi connectivity index (χ0n) is 12.8. The Kier molecular flexibility index (Phi) is 2.93. The standard InChI is InChI=1S/C19H13N3OS/c20-8-14-17-12-5-4-10(15-9-21-6-7-24-15)11-2-1-3-13(16(11)12)18(17)22-19(14)23/h1-5,15,21H,6-7,9H2. The largest absolute Gasteiger partial charge is 0.314 e. The monoisotopic (exact) mass is 331 g/mol. The molecule has 5 rings (SSSR count). The molecule has 0 spiro atoms. The van der Waals surface area contributed by atoms with Crippen LogP contribution >= 0.6 is 11.8 Å². The molecule has 116 valence electrons. The van der Waals surface area contributed by atoms with Crippen LogP contribution in [-0.2, 0) is 4.79 Å². The highest BCUT2D eigenvalue weighted by Gasteiger charge is 2.36. The summed E-state index contributed by atoms with van der Waals surface area (Å²) in [6.07, 6.45) is 0. The number of rotatable bonds is 1. The molecule has 2 heterocycles. The Bertz CT molecular complexity index is 1020. The van der Waals surface area contributed by atoms with Crippen LogP contribution in [0, 0.1) is 11.3 Å². The van der Waals surface area contributed by atoms with Gasteiger partial charge in [-0.05, 0) is 21.9 Å². The van der Waals surface area contributed by atoms with E-state index in [0.717, 1.165) is 40.9 Å². The molecule has 2 aliphatic heterocycles. The van der Waals surface area contributed by atoms with Crippen LogP contribution in [0.5, 0.6) is 0 Å². The number of carbonyl (C=O) groups excluding carboxylic acids is 1. The molecule has 1 unspecified atom stereocenters. The van der Waals surface area contributed by atoms with Gasteiger partial charge >= 0.3 is 0 Å². The SMILES string of the molecule is N#CC1=C2C(=NC1=O)c1cccc3c(C4CNCCS4)ccc2c13. The number of hydrogen-bond donors (Lipinski definition) is 1. The molecule has 0 radical (unpaired) electrons. The Morgan fingerprint density at radius 1 is 1.25 bits per heavy atom. The molecule has 1 aliphatic carbocycles. The van der Waals surface area contributed by atoms with Crippen LogP contribution in [0.25, 0.3) is 16.3 Å². The first-order chi connectivity index (χ1) is 11.8. The van der Waals surface area contributed by atoms with Gasteiger partial charge in [-0.1, -0.05) is 30.3 Å². The van der Waals surface area contributed by atoms with Crippen LogP contribution in [0.15, 0.2) is 40.9 Å². The molecule has 5 heteroatoms. The van der Waals surface area contributed by atoms with Crippen molar-refractivity contribution in [3.8, 4) is 6.07 Å². The van der Waals surface area contributed by atoms with Gasteiger partial charge in [0.15, 0.2) is 0 Å². The van der Waals surface area contributed by atoms with Crippen molar-refractivity contribution in [2.24, 2.45) is 4.99 Å². The third kappa shape index (κ3) is 1.73. The predicted molar refractivity (Wildman–Crippen MR) is 96.1 cm³/mol. The molecule has 0 saturated carbocycles. The number of benzene rings is 2. The minimum absolute atomic E-state index is 0.170. The van der Waals surface area contributed by atoms with Gasteiger partial charge in [-0.2, -0.15) is 17.0 Å². The summed E-state index contributed by atoms with van der Waals surface area (Å²) in [5, 5.41) is 15.6. The fraction of sp³-hybridized carbons (Fsp3) is 0.211. The van der Waals surface area contributed by atoms with Gasteiger partial charge in [0.2, 0.25) is 0 Å². The van der Waals surface area contributed by atoms with E-state index in [1.165, 1.54) is 10.9 Å². The third-order valence-corrected chi connectivity index (χ3v) is 6.16. The number of allylic oxidation sites excluding steroid dienone is 1. The molecule has 3 aliphatic rings. The number of fused-ring (bicyclic) bond motifs is 3. The zero-order chi connectivity index (χ0) is 16.3. The summed E-state index contributed by atoms with van der Waals surface area (Å²) in [6.45, 7) is 2.02. The molecule has 0 bridgehead atoms. The maximum Gasteiger partial charge on any atom is 0.288 e. The summed E-state index contributed by atoms with van der Waals surface area (Å²) in [5.74, 6) is 0.694. The van der Waals surface area contributed by atoms with Crippen molar-refractivity contribution in [1.82, 2.24) is 5.32 Å². The highest BCUT2D eigenvalue weighted by Crippen LogP contribution is 2.45. The lowest BCUT2D eigenvalue weighted by atomic mass is 9.96. The van der Waals surface area contributed by atoms with Crippen molar-refractivity contribution in [1.29, 1.82) is 5.26 Å². The smallest absolute Gasteiger partial charge is 0.288 e. The number of hydrogen-bond acceptors (Lipinski definition) is 4. The lowest BCUT2D eigenvalue weighted by Crippen LogP contribution is -2.28. The normalized spacial score (nSPS) is 21.9. The molecular formula is C19H13N3OS. The van der Waals surface area contributed by atoms with Crippen LogP contribution in [-0.4, -0.2) is 30.5 Å². The third-order valence-electron chi connectivity index (χ3n) is 4.90. The number of amides is 1. The van der Waals surface area contributed by atoms with Gasteiger partial charge in [0.05, 0.1) is 5.71 Å². The number of nitriles is 1. The van der Waals surface area contributed by atoms with E-state index in [4.69, 9.17) is 0 Å². The van der Waals surface area contributed by atoms with E-state index in [2.05, 4.69) is 28.5 Å². The quantitative estimate of drug-likeness (QED) is 0.873. The number of nitrogens with zero attached hydrogens (tertiary/aromatic N) is 2. The molecule has 4 nitrogen and oxygen atoms in total. The Morgan fingerprint density at radius 2 is 2.17 bits per heavy atom. The van der Waals surface area contributed by atoms with Gasteiger partial charge in [0.1, 0.15) is 11.6 Å². The van der Waals surface area contributed by atoms with Gasteiger partial charge in [-0.3, -0.25) is 4.79 Å². The molecule has 1 fully saturated rings. The number of carbonyl (C=O) groups is 1. The van der Waals surface area contributed by atoms with Gasteiger partial charge in [0.25, 0.3) is 5.91 Å². The Labute approximate surface area is 143 Å². The fourth-order valence-corrected chi connectivity index (χ4v) is 5.05. The van der Waals surface area contributed by atoms with Gasteiger partial charge in [0, 0.05) is 35.2 Å². The number of aliphatic imine (C=N–C) groups is 1. The molecule has 1 N–H and O–H groups in total. The van der Waals surface area contributed by atoms with Crippen LogP contribution in [0.3, 0.4) is 0 Å². The van der Waals surface area contributed by atoms with Crippen molar-refractivity contribution >= 4 is 39.7 Å². The molecule has 24 heavy (non-hydrogen) atoms. The lowest BCUT2D eigenvalue weighted by Gasteiger charge is -2.24. The topological polar surface area (TPSA) is 65.2 Å². The Balaban J connectivity index is 1.80. The first-order valence-electron chi connectivity index (χ1n) is 7.96. The summed E-state index contributed by atoms with van der Waals surface area (Å²) >= 11 is 1.98. The summed E-state index contributed by atoms with van der Waals surface area (Å²) in [6, 6.07) is 12.4. The van der Waals surface area contributed by atoms with Crippen molar-refractivity contribution < 1.29 is 4.79 Å². The van der Waals surface area contributed by atoms with Gasteiger partial charge in [-0.15, -0.1) is 0 Å². The van der Waals surface area contributed by atoms with Gasteiger partial charge < -0.3 is 5.32 Å². The first-order valence-corrected chi connectivity index (χ1v) is 9.01. The van der Waals surface area contributed by atoms with Crippen molar-refractivity contribution in [3.05, 3.63) is 52.6 Å². The summed E-state index contributed by atoms with van der Waals surface area (Å²) in [4.78, 5) is 16.1. The van der Waals surface area contributed by atoms with E-state index in [-0.39, 0.29) is 5.57 Å². The fourth-order valence-electron chi connectivity index (χ4n) is 3.88. The summed E-state index contributed by atoms with van der Waals surface area (Å²) in [5.41, 5.74) is 4.83. The van der Waals surface area contributed by atoms with Crippen molar-refractivity contribution in [2.45, 2.75) is 5.25 Å². The van der Waals surface area contributed by atoms with Crippen LogP contribution in [0.1, 0.15) is 21.9 Å². The highest BCUT2D eigenvalue weighted by molar-refractivity contribution is 7.99. The second kappa shape index (κ2) is 5.04. The minimum Gasteiger partial charge on any atom is -0.314 e. The predicted octanol–water partition coefficient (Wildman–Crippen LogP) is 2.84. The van der Waals surface area contributed by atoms with E-state index in [1.54, 1.807) is 0 Å². The Hall–Kier alpha value is -2.42. The van der Waals surface area contributed by atoms with Crippen LogP contribution in [0.4, 0.5) is 0 Å². The summed E-state index contributed by atoms with van der Waals surface area (Å²) < 4.78 is 0. The van der Waals surface area contributed by atoms with Crippen molar-refractivity contribution in [2.75, 3.05) is 18.8 Å². The van der Waals surface area contributed by atoms with Gasteiger partial charge in [-0.25, -0.2) is 4.99 Å². The van der Waals surface area contributed by atoms with E-state index in [0.29, 0.717) is 11.0 Å². The average molecular weight is 331 g/mol. The van der Waals surface area contributed by atoms with E-state index in [9.17, 15) is 10.1 Å². The van der Waals surface area contributed by atoms with Crippen molar-refractivity contribution in [3.63, 3.8) is 0 Å². The average Bonchev–Trinajstić information content (AvgIpc) is 3.11.